The average molecular weight is 160 g/mol. The first-order valence-electron chi connectivity index (χ1n) is 3.60. The van der Waals surface area contributed by atoms with Crippen molar-refractivity contribution in [1.29, 1.82) is 0 Å². The monoisotopic (exact) mass is 160 g/mol. The Bertz CT molecular complexity index is 118. The summed E-state index contributed by atoms with van der Waals surface area (Å²) >= 11 is 0. The number of nitrogens with two attached hydrogens (primary N) is 2. The van der Waals surface area contributed by atoms with Gasteiger partial charge < -0.3 is 22.2 Å². The molecule has 0 heterocycles. The molecule has 0 spiro atoms. The molecule has 0 aliphatic heterocycles. The standard InChI is InChI=1S/C6H14N3O2/c7-4-2-1-3-5(8)6(10)9-11/h5H,1-4,7-8H2,(H-,9,10,11)/q-1/t5-/m0/s1. The van der Waals surface area contributed by atoms with Gasteiger partial charge >= 0.3 is 0 Å². The van der Waals surface area contributed by atoms with Crippen molar-refractivity contribution < 1.29 is 4.79 Å². The van der Waals surface area contributed by atoms with Crippen LogP contribution in [0.4, 0.5) is 0 Å². The lowest BCUT2D eigenvalue weighted by Crippen LogP contribution is -2.37. The number of carbonyl (C=O) groups is 1. The second kappa shape index (κ2) is 6.09. The molecule has 0 unspecified atom stereocenters. The quantitative estimate of drug-likeness (QED) is 0.356. The largest absolute Gasteiger partial charge is 0.759 e. The highest BCUT2D eigenvalue weighted by atomic mass is 16.5. The van der Waals surface area contributed by atoms with Crippen molar-refractivity contribution in [1.82, 2.24) is 5.48 Å². The minimum atomic E-state index is -0.681. The molecule has 5 N–H and O–H groups in total. The van der Waals surface area contributed by atoms with Crippen molar-refractivity contribution in [3.63, 3.8) is 0 Å². The zero-order chi connectivity index (χ0) is 8.69. The maximum absolute atomic E-state index is 10.5. The van der Waals surface area contributed by atoms with E-state index >= 15 is 0 Å². The van der Waals surface area contributed by atoms with Crippen LogP contribution in [0, 0.1) is 5.21 Å². The SMILES string of the molecule is NCCCC[C@H](N)C(=O)N[O-]. The van der Waals surface area contributed by atoms with Gasteiger partial charge in [-0.3, -0.25) is 4.79 Å². The van der Waals surface area contributed by atoms with Crippen LogP contribution in [0.1, 0.15) is 19.3 Å². The third-order valence-corrected chi connectivity index (χ3v) is 1.41. The molecule has 0 aliphatic carbocycles. The summed E-state index contributed by atoms with van der Waals surface area (Å²) < 4.78 is 0. The maximum atomic E-state index is 10.5. The number of nitrogens with one attached hydrogen (secondary N) is 1. The summed E-state index contributed by atoms with van der Waals surface area (Å²) in [6, 6.07) is -0.681. The number of rotatable bonds is 5. The van der Waals surface area contributed by atoms with Crippen molar-refractivity contribution in [2.24, 2.45) is 11.5 Å². The minimum Gasteiger partial charge on any atom is -0.759 e. The van der Waals surface area contributed by atoms with Gasteiger partial charge in [0, 0.05) is 0 Å². The molecule has 0 aromatic carbocycles. The van der Waals surface area contributed by atoms with Crippen LogP contribution in [0.5, 0.6) is 0 Å². The molecule has 0 fully saturated rings. The summed E-state index contributed by atoms with van der Waals surface area (Å²) in [4.78, 5) is 10.5. The average Bonchev–Trinajstić information content (AvgIpc) is 2.03. The number of hydrogen-bond donors (Lipinski definition) is 3. The summed E-state index contributed by atoms with van der Waals surface area (Å²) in [5, 5.41) is 9.80. The highest BCUT2D eigenvalue weighted by molar-refractivity contribution is 5.81. The van der Waals surface area contributed by atoms with Gasteiger partial charge in [0.25, 0.3) is 0 Å². The number of unbranched alkanes of at least 4 members (excludes halogenated alkanes) is 1. The Labute approximate surface area is 65.7 Å². The third kappa shape index (κ3) is 4.72. The molecule has 11 heavy (non-hydrogen) atoms. The van der Waals surface area contributed by atoms with E-state index in [1.807, 2.05) is 0 Å². The van der Waals surface area contributed by atoms with Crippen molar-refractivity contribution >= 4 is 5.91 Å². The van der Waals surface area contributed by atoms with Crippen LogP contribution in [-0.2, 0) is 4.79 Å². The van der Waals surface area contributed by atoms with Gasteiger partial charge in [0.2, 0.25) is 5.91 Å². The Hall–Kier alpha value is -0.650. The normalized spacial score (nSPS) is 12.6. The summed E-state index contributed by atoms with van der Waals surface area (Å²) in [6.45, 7) is 0.589. The predicted molar refractivity (Wildman–Crippen MR) is 42.4 cm³/mol. The van der Waals surface area contributed by atoms with E-state index < -0.39 is 11.9 Å². The molecule has 0 radical (unpaired) electrons. The molecule has 1 atom stereocenters. The van der Waals surface area contributed by atoms with Crippen LogP contribution in [0.3, 0.4) is 0 Å². The summed E-state index contributed by atoms with van der Waals surface area (Å²) in [5.41, 5.74) is 11.8. The minimum absolute atomic E-state index is 0.519. The summed E-state index contributed by atoms with van der Waals surface area (Å²) in [7, 11) is 0. The molecule has 1 amide bonds. The first-order valence-corrected chi connectivity index (χ1v) is 3.60. The lowest BCUT2D eigenvalue weighted by Gasteiger charge is -2.13. The van der Waals surface area contributed by atoms with Gasteiger partial charge in [-0.2, -0.15) is 0 Å². The van der Waals surface area contributed by atoms with Crippen molar-refractivity contribution in [3.8, 4) is 0 Å². The highest BCUT2D eigenvalue weighted by Crippen LogP contribution is 1.97. The van der Waals surface area contributed by atoms with E-state index in [0.717, 1.165) is 12.8 Å². The van der Waals surface area contributed by atoms with E-state index in [0.29, 0.717) is 13.0 Å². The van der Waals surface area contributed by atoms with E-state index in [9.17, 15) is 10.0 Å². The topological polar surface area (TPSA) is 104 Å². The Morgan fingerprint density at radius 2 is 2.18 bits per heavy atom. The lowest BCUT2D eigenvalue weighted by molar-refractivity contribution is -0.121. The summed E-state index contributed by atoms with van der Waals surface area (Å²) in [6.07, 6.45) is 2.14. The van der Waals surface area contributed by atoms with E-state index in [1.165, 1.54) is 5.48 Å². The Kier molecular flexibility index (Phi) is 5.73. The van der Waals surface area contributed by atoms with Gasteiger partial charge in [-0.25, -0.2) is 0 Å². The molecule has 0 aliphatic rings. The van der Waals surface area contributed by atoms with Crippen LogP contribution in [0.15, 0.2) is 0 Å². The van der Waals surface area contributed by atoms with Crippen molar-refractivity contribution in [2.45, 2.75) is 25.3 Å². The number of hydrogen-bond acceptors (Lipinski definition) is 4. The fourth-order valence-corrected chi connectivity index (χ4v) is 0.715. The number of carbonyl (C=O) groups excluding carboxylic acids is 1. The zero-order valence-electron chi connectivity index (χ0n) is 6.38. The Morgan fingerprint density at radius 3 is 2.64 bits per heavy atom. The van der Waals surface area contributed by atoms with E-state index in [1.54, 1.807) is 0 Å². The van der Waals surface area contributed by atoms with E-state index in [2.05, 4.69) is 0 Å². The first kappa shape index (κ1) is 10.3. The van der Waals surface area contributed by atoms with Crippen LogP contribution < -0.4 is 16.9 Å². The predicted octanol–water partition coefficient (Wildman–Crippen LogP) is -0.943. The van der Waals surface area contributed by atoms with Gasteiger partial charge in [-0.15, -0.1) is 0 Å². The van der Waals surface area contributed by atoms with Gasteiger partial charge in [-0.05, 0) is 19.4 Å². The molecular weight excluding hydrogens is 146 g/mol. The molecule has 0 bridgehead atoms. The number of hydroxylamine groups is 1. The van der Waals surface area contributed by atoms with E-state index in [4.69, 9.17) is 11.5 Å². The molecule has 0 aromatic rings. The smallest absolute Gasteiger partial charge is 0.226 e. The fourth-order valence-electron chi connectivity index (χ4n) is 0.715. The van der Waals surface area contributed by atoms with Crippen LogP contribution in [-0.4, -0.2) is 18.5 Å². The molecular formula is C6H14N3O2-. The van der Waals surface area contributed by atoms with Crippen LogP contribution in [0.2, 0.25) is 0 Å². The molecule has 0 rings (SSSR count). The molecule has 0 saturated heterocycles. The molecule has 0 aromatic heterocycles. The summed E-state index contributed by atoms with van der Waals surface area (Å²) in [5.74, 6) is -0.651. The van der Waals surface area contributed by atoms with Crippen molar-refractivity contribution in [3.05, 3.63) is 5.21 Å². The van der Waals surface area contributed by atoms with Gasteiger partial charge in [0.1, 0.15) is 0 Å². The maximum Gasteiger partial charge on any atom is 0.226 e. The highest BCUT2D eigenvalue weighted by Gasteiger charge is 2.07. The van der Waals surface area contributed by atoms with Crippen molar-refractivity contribution in [2.75, 3.05) is 6.54 Å². The van der Waals surface area contributed by atoms with Gasteiger partial charge in [-0.1, -0.05) is 6.42 Å². The Morgan fingerprint density at radius 1 is 1.55 bits per heavy atom. The first-order chi connectivity index (χ1) is 5.22. The molecule has 66 valence electrons. The number of amides is 1. The van der Waals surface area contributed by atoms with Crippen LogP contribution >= 0.6 is 0 Å². The van der Waals surface area contributed by atoms with Gasteiger partial charge in [0.15, 0.2) is 0 Å². The molecule has 5 nitrogen and oxygen atoms in total. The second-order valence-corrected chi connectivity index (χ2v) is 2.36. The lowest BCUT2D eigenvalue weighted by atomic mass is 10.1. The zero-order valence-corrected chi connectivity index (χ0v) is 6.38. The van der Waals surface area contributed by atoms with Crippen LogP contribution in [0.25, 0.3) is 0 Å². The Balaban J connectivity index is 3.36. The van der Waals surface area contributed by atoms with E-state index in [-0.39, 0.29) is 0 Å². The molecule has 0 saturated carbocycles. The van der Waals surface area contributed by atoms with Gasteiger partial charge in [0.05, 0.1) is 6.04 Å². The molecule has 5 heteroatoms. The fraction of sp³-hybridized carbons (Fsp3) is 0.833. The third-order valence-electron chi connectivity index (χ3n) is 1.41. The second-order valence-electron chi connectivity index (χ2n) is 2.36.